The Balaban J connectivity index is 0.000000294. The summed E-state index contributed by atoms with van der Waals surface area (Å²) in [7, 11) is 1.85. The van der Waals surface area contributed by atoms with Crippen molar-refractivity contribution in [1.29, 1.82) is 0 Å². The van der Waals surface area contributed by atoms with Crippen molar-refractivity contribution in [2.24, 2.45) is 4.99 Å². The molecule has 0 saturated heterocycles. The standard InChI is InChI=1S/C22H30N4O2.C9H6N2OS/c1-5-26-21(27)16-8-6-7-15(11-16)18-13-19(23)17(12-20(18)24-4)14-25-10-9-22(2,3)28;12-5-8-6-13-9(11-8)7-2-1-3-10-4-7/h6-8,11-14,24,28H,5,9-10,23H2,1-4H3,(H,26,27);1-6H. The molecule has 0 aliphatic rings. The van der Waals surface area contributed by atoms with Crippen molar-refractivity contribution in [2.45, 2.75) is 32.8 Å². The highest BCUT2D eigenvalue weighted by atomic mass is 32.1. The van der Waals surface area contributed by atoms with Crippen LogP contribution in [-0.4, -0.2) is 59.2 Å². The predicted octanol–water partition coefficient (Wildman–Crippen LogP) is 5.32. The van der Waals surface area contributed by atoms with Gasteiger partial charge in [0.15, 0.2) is 6.29 Å². The zero-order valence-corrected chi connectivity index (χ0v) is 24.5. The van der Waals surface area contributed by atoms with E-state index in [9.17, 15) is 14.7 Å². The second-order valence-electron chi connectivity index (χ2n) is 9.75. The maximum absolute atomic E-state index is 12.1. The molecule has 41 heavy (non-hydrogen) atoms. The lowest BCUT2D eigenvalue weighted by atomic mass is 9.98. The Morgan fingerprint density at radius 2 is 1.95 bits per heavy atom. The van der Waals surface area contributed by atoms with Crippen LogP contribution in [0.1, 0.15) is 53.6 Å². The summed E-state index contributed by atoms with van der Waals surface area (Å²) in [6.07, 6.45) is 6.49. The van der Waals surface area contributed by atoms with Crippen LogP contribution in [0.5, 0.6) is 0 Å². The second-order valence-corrected chi connectivity index (χ2v) is 10.6. The topological polar surface area (TPSA) is 143 Å². The molecule has 0 fully saturated rings. The summed E-state index contributed by atoms with van der Waals surface area (Å²) >= 11 is 1.44. The lowest BCUT2D eigenvalue weighted by Crippen LogP contribution is -2.22. The number of benzene rings is 2. The van der Waals surface area contributed by atoms with E-state index in [1.54, 1.807) is 43.9 Å². The number of hydrogen-bond donors (Lipinski definition) is 4. The van der Waals surface area contributed by atoms with Gasteiger partial charge < -0.3 is 21.5 Å². The van der Waals surface area contributed by atoms with E-state index in [1.807, 2.05) is 56.4 Å². The van der Waals surface area contributed by atoms with Crippen LogP contribution >= 0.6 is 11.3 Å². The second kappa shape index (κ2) is 14.8. The van der Waals surface area contributed by atoms with Crippen LogP contribution in [-0.2, 0) is 0 Å². The fraction of sp³-hybridized carbons (Fsp3) is 0.258. The van der Waals surface area contributed by atoms with Gasteiger partial charge in [-0.1, -0.05) is 12.1 Å². The van der Waals surface area contributed by atoms with Gasteiger partial charge >= 0.3 is 0 Å². The van der Waals surface area contributed by atoms with E-state index in [-0.39, 0.29) is 5.91 Å². The number of rotatable bonds is 10. The minimum absolute atomic E-state index is 0.0982. The summed E-state index contributed by atoms with van der Waals surface area (Å²) in [6.45, 7) is 6.52. The smallest absolute Gasteiger partial charge is 0.251 e. The van der Waals surface area contributed by atoms with Crippen molar-refractivity contribution in [1.82, 2.24) is 15.3 Å². The molecule has 5 N–H and O–H groups in total. The number of carbonyl (C=O) groups is 2. The van der Waals surface area contributed by atoms with Crippen LogP contribution < -0.4 is 16.4 Å². The molecule has 0 aliphatic heterocycles. The SMILES string of the molecule is CCNC(=O)c1cccc(-c2cc(N)c(C=NCCC(C)(C)O)cc2NC)c1.O=Cc1csc(-c2cccnc2)n1. The van der Waals surface area contributed by atoms with Gasteiger partial charge in [-0.05, 0) is 69.2 Å². The number of aliphatic imine (C=N–C) groups is 1. The van der Waals surface area contributed by atoms with Crippen molar-refractivity contribution in [3.05, 3.63) is 83.1 Å². The van der Waals surface area contributed by atoms with Gasteiger partial charge in [0.25, 0.3) is 5.91 Å². The first-order valence-electron chi connectivity index (χ1n) is 13.2. The number of nitrogens with two attached hydrogens (primary N) is 1. The summed E-state index contributed by atoms with van der Waals surface area (Å²) < 4.78 is 0. The van der Waals surface area contributed by atoms with Crippen LogP contribution in [0.4, 0.5) is 11.4 Å². The average Bonchev–Trinajstić information content (AvgIpc) is 3.46. The monoisotopic (exact) mass is 572 g/mol. The maximum Gasteiger partial charge on any atom is 0.251 e. The first-order valence-corrected chi connectivity index (χ1v) is 14.1. The molecular formula is C31H36N6O3S. The van der Waals surface area contributed by atoms with Crippen LogP contribution in [0.2, 0.25) is 0 Å². The zero-order valence-electron chi connectivity index (χ0n) is 23.7. The van der Waals surface area contributed by atoms with Crippen molar-refractivity contribution in [3.8, 4) is 21.7 Å². The highest BCUT2D eigenvalue weighted by Gasteiger charge is 2.13. The molecule has 2 heterocycles. The van der Waals surface area contributed by atoms with Crippen LogP contribution in [0.3, 0.4) is 0 Å². The molecule has 2 aromatic carbocycles. The van der Waals surface area contributed by atoms with Gasteiger partial charge in [0.1, 0.15) is 10.7 Å². The lowest BCUT2D eigenvalue weighted by molar-refractivity contribution is 0.0739. The van der Waals surface area contributed by atoms with Gasteiger partial charge in [-0.2, -0.15) is 0 Å². The van der Waals surface area contributed by atoms with Gasteiger partial charge in [0, 0.05) is 77.8 Å². The molecule has 10 heteroatoms. The summed E-state index contributed by atoms with van der Waals surface area (Å²) in [6, 6.07) is 15.1. The third-order valence-corrected chi connectivity index (χ3v) is 6.81. The third-order valence-electron chi connectivity index (χ3n) is 5.90. The Kier molecular flexibility index (Phi) is 11.3. The third kappa shape index (κ3) is 9.33. The van der Waals surface area contributed by atoms with Gasteiger partial charge in [0.2, 0.25) is 0 Å². The molecule has 1 amide bonds. The summed E-state index contributed by atoms with van der Waals surface area (Å²) in [5.74, 6) is -0.0982. The van der Waals surface area contributed by atoms with Gasteiger partial charge in [-0.15, -0.1) is 11.3 Å². The van der Waals surface area contributed by atoms with Gasteiger partial charge in [-0.3, -0.25) is 19.6 Å². The first kappa shape index (κ1) is 31.1. The van der Waals surface area contributed by atoms with Gasteiger partial charge in [0.05, 0.1) is 5.60 Å². The number of thiazole rings is 1. The fourth-order valence-corrected chi connectivity index (χ4v) is 4.50. The summed E-state index contributed by atoms with van der Waals surface area (Å²) in [5, 5.41) is 18.3. The number of carbonyl (C=O) groups excluding carboxylic acids is 2. The number of amides is 1. The highest BCUT2D eigenvalue weighted by molar-refractivity contribution is 7.13. The number of pyridine rings is 1. The van der Waals surface area contributed by atoms with Crippen molar-refractivity contribution >= 4 is 41.1 Å². The molecule has 0 atom stereocenters. The largest absolute Gasteiger partial charge is 0.398 e. The minimum atomic E-state index is -0.738. The predicted molar refractivity (Wildman–Crippen MR) is 168 cm³/mol. The molecule has 4 rings (SSSR count). The van der Waals surface area contributed by atoms with Gasteiger partial charge in [-0.25, -0.2) is 4.98 Å². The Morgan fingerprint density at radius 3 is 2.59 bits per heavy atom. The molecule has 0 bridgehead atoms. The van der Waals surface area contributed by atoms with E-state index in [2.05, 4.69) is 25.6 Å². The normalized spacial score (nSPS) is 11.0. The number of hydrogen-bond acceptors (Lipinski definition) is 9. The quantitative estimate of drug-likeness (QED) is 0.114. The Hall–Kier alpha value is -4.41. The molecule has 0 unspecified atom stereocenters. The zero-order chi connectivity index (χ0) is 29.8. The molecule has 0 aliphatic carbocycles. The number of nitrogens with one attached hydrogen (secondary N) is 2. The van der Waals surface area contributed by atoms with E-state index in [4.69, 9.17) is 5.73 Å². The van der Waals surface area contributed by atoms with E-state index in [0.717, 1.165) is 39.2 Å². The molecule has 214 valence electrons. The molecule has 0 radical (unpaired) electrons. The molecular weight excluding hydrogens is 536 g/mol. The number of nitrogens with zero attached hydrogens (tertiary/aromatic N) is 3. The number of aliphatic hydroxyl groups is 1. The van der Waals surface area contributed by atoms with Crippen LogP contribution in [0.15, 0.2) is 71.3 Å². The number of anilines is 2. The molecule has 9 nitrogen and oxygen atoms in total. The summed E-state index contributed by atoms with van der Waals surface area (Å²) in [5.41, 5.74) is 11.7. The lowest BCUT2D eigenvalue weighted by Gasteiger charge is -2.15. The van der Waals surface area contributed by atoms with Crippen molar-refractivity contribution in [2.75, 3.05) is 31.2 Å². The Labute approximate surface area is 244 Å². The Morgan fingerprint density at radius 1 is 1.17 bits per heavy atom. The molecule has 0 saturated carbocycles. The first-order chi connectivity index (χ1) is 19.6. The van der Waals surface area contributed by atoms with E-state index >= 15 is 0 Å². The van der Waals surface area contributed by atoms with Crippen molar-refractivity contribution in [3.63, 3.8) is 0 Å². The van der Waals surface area contributed by atoms with Crippen LogP contribution in [0, 0.1) is 0 Å². The van der Waals surface area contributed by atoms with E-state index < -0.39 is 5.60 Å². The van der Waals surface area contributed by atoms with Crippen LogP contribution in [0.25, 0.3) is 21.7 Å². The molecule has 0 spiro atoms. The average molecular weight is 573 g/mol. The van der Waals surface area contributed by atoms with E-state index in [0.29, 0.717) is 36.5 Å². The van der Waals surface area contributed by atoms with E-state index in [1.165, 1.54) is 11.3 Å². The Bertz CT molecular complexity index is 1480. The fourth-order valence-electron chi connectivity index (χ4n) is 3.74. The molecule has 2 aromatic heterocycles. The van der Waals surface area contributed by atoms with Crippen molar-refractivity contribution < 1.29 is 14.7 Å². The minimum Gasteiger partial charge on any atom is -0.398 e. The number of nitrogen functional groups attached to an aromatic ring is 1. The maximum atomic E-state index is 12.1. The molecule has 4 aromatic rings. The number of aromatic nitrogens is 2. The number of aldehydes is 1. The summed E-state index contributed by atoms with van der Waals surface area (Å²) in [4.78, 5) is 35.0. The highest BCUT2D eigenvalue weighted by Crippen LogP contribution is 2.32.